The fourth-order valence-corrected chi connectivity index (χ4v) is 1.65. The number of benzene rings is 1. The van der Waals surface area contributed by atoms with Gasteiger partial charge in [0.05, 0.1) is 6.61 Å². The lowest BCUT2D eigenvalue weighted by atomic mass is 10.2. The summed E-state index contributed by atoms with van der Waals surface area (Å²) < 4.78 is 4.88. The largest absolute Gasteiger partial charge is 0.465 e. The zero-order valence-corrected chi connectivity index (χ0v) is 11.2. The molecule has 0 aliphatic rings. The van der Waals surface area contributed by atoms with E-state index < -0.39 is 5.97 Å². The van der Waals surface area contributed by atoms with Crippen LogP contribution in [0.3, 0.4) is 0 Å². The standard InChI is InChI=1S/C15H19NO3/c1-3-8-14(17)16(12-15(18)19-4-2)11-13-9-6-5-7-10-13/h3,5-7,9-10H,1,4,8,11-12H2,2H3. The van der Waals surface area contributed by atoms with E-state index in [0.717, 1.165) is 5.56 Å². The van der Waals surface area contributed by atoms with Crippen LogP contribution in [0.15, 0.2) is 43.0 Å². The van der Waals surface area contributed by atoms with Crippen LogP contribution in [0.1, 0.15) is 18.9 Å². The molecule has 0 aromatic heterocycles. The first kappa shape index (κ1) is 15.0. The Labute approximate surface area is 113 Å². The topological polar surface area (TPSA) is 46.6 Å². The maximum Gasteiger partial charge on any atom is 0.325 e. The summed E-state index contributed by atoms with van der Waals surface area (Å²) in [6.45, 7) is 5.96. The monoisotopic (exact) mass is 261 g/mol. The normalized spacial score (nSPS) is 9.74. The van der Waals surface area contributed by atoms with Gasteiger partial charge in [-0.2, -0.15) is 0 Å². The molecule has 0 atom stereocenters. The zero-order chi connectivity index (χ0) is 14.1. The molecule has 0 aliphatic carbocycles. The maximum atomic E-state index is 11.9. The molecule has 1 aromatic rings. The molecular weight excluding hydrogens is 242 g/mol. The van der Waals surface area contributed by atoms with Crippen LogP contribution in [0.2, 0.25) is 0 Å². The summed E-state index contributed by atoms with van der Waals surface area (Å²) in [5.41, 5.74) is 0.976. The lowest BCUT2D eigenvalue weighted by molar-refractivity contribution is -0.149. The summed E-state index contributed by atoms with van der Waals surface area (Å²) >= 11 is 0. The molecule has 0 radical (unpaired) electrons. The van der Waals surface area contributed by atoms with Gasteiger partial charge in [0, 0.05) is 13.0 Å². The average Bonchev–Trinajstić information content (AvgIpc) is 2.40. The first-order valence-corrected chi connectivity index (χ1v) is 6.25. The van der Waals surface area contributed by atoms with E-state index in [4.69, 9.17) is 4.74 Å². The van der Waals surface area contributed by atoms with Gasteiger partial charge in [0.15, 0.2) is 0 Å². The minimum absolute atomic E-state index is 0.0323. The predicted molar refractivity (Wildman–Crippen MR) is 73.3 cm³/mol. The Hall–Kier alpha value is -2.10. The molecule has 0 saturated carbocycles. The van der Waals surface area contributed by atoms with Crippen molar-refractivity contribution in [2.24, 2.45) is 0 Å². The molecular formula is C15H19NO3. The minimum Gasteiger partial charge on any atom is -0.465 e. The van der Waals surface area contributed by atoms with Gasteiger partial charge in [-0.3, -0.25) is 9.59 Å². The highest BCUT2D eigenvalue weighted by Crippen LogP contribution is 2.06. The van der Waals surface area contributed by atoms with Crippen molar-refractivity contribution in [3.8, 4) is 0 Å². The number of hydrogen-bond donors (Lipinski definition) is 0. The number of carbonyl (C=O) groups is 2. The SMILES string of the molecule is C=CCC(=O)N(CC(=O)OCC)Cc1ccccc1. The third kappa shape index (κ3) is 5.38. The van der Waals surface area contributed by atoms with E-state index in [1.165, 1.54) is 11.0 Å². The van der Waals surface area contributed by atoms with Crippen molar-refractivity contribution in [1.29, 1.82) is 0 Å². The molecule has 1 rings (SSSR count). The Morgan fingerprint density at radius 3 is 2.58 bits per heavy atom. The molecule has 4 nitrogen and oxygen atoms in total. The first-order chi connectivity index (χ1) is 9.17. The van der Waals surface area contributed by atoms with Crippen LogP contribution in [0.5, 0.6) is 0 Å². The second-order valence-electron chi connectivity index (χ2n) is 4.03. The van der Waals surface area contributed by atoms with Gasteiger partial charge in [0.1, 0.15) is 6.54 Å². The van der Waals surface area contributed by atoms with Crippen LogP contribution in [0, 0.1) is 0 Å². The minimum atomic E-state index is -0.393. The van der Waals surface area contributed by atoms with E-state index >= 15 is 0 Å². The van der Waals surface area contributed by atoms with Crippen molar-refractivity contribution in [3.63, 3.8) is 0 Å². The fourth-order valence-electron chi connectivity index (χ4n) is 1.65. The third-order valence-electron chi connectivity index (χ3n) is 2.51. The second-order valence-corrected chi connectivity index (χ2v) is 4.03. The van der Waals surface area contributed by atoms with Crippen molar-refractivity contribution in [2.45, 2.75) is 19.9 Å². The van der Waals surface area contributed by atoms with Gasteiger partial charge in [-0.1, -0.05) is 36.4 Å². The number of ether oxygens (including phenoxy) is 1. The lowest BCUT2D eigenvalue weighted by Gasteiger charge is -2.21. The Morgan fingerprint density at radius 1 is 1.32 bits per heavy atom. The van der Waals surface area contributed by atoms with Crippen LogP contribution >= 0.6 is 0 Å². The van der Waals surface area contributed by atoms with Crippen LogP contribution < -0.4 is 0 Å². The van der Waals surface area contributed by atoms with Gasteiger partial charge in [-0.25, -0.2) is 0 Å². The maximum absolute atomic E-state index is 11.9. The Kier molecular flexibility index (Phi) is 6.36. The second kappa shape index (κ2) is 8.08. The molecule has 0 fully saturated rings. The van der Waals surface area contributed by atoms with E-state index in [-0.39, 0.29) is 18.9 Å². The Bertz CT molecular complexity index is 428. The van der Waals surface area contributed by atoms with Gasteiger partial charge < -0.3 is 9.64 Å². The quantitative estimate of drug-likeness (QED) is 0.558. The third-order valence-corrected chi connectivity index (χ3v) is 2.51. The number of nitrogens with zero attached hydrogens (tertiary/aromatic N) is 1. The van der Waals surface area contributed by atoms with E-state index in [9.17, 15) is 9.59 Å². The highest BCUT2D eigenvalue weighted by atomic mass is 16.5. The highest BCUT2D eigenvalue weighted by molar-refractivity contribution is 5.82. The molecule has 102 valence electrons. The molecule has 1 aromatic carbocycles. The molecule has 0 bridgehead atoms. The van der Waals surface area contributed by atoms with Crippen LogP contribution in [0.25, 0.3) is 0 Å². The van der Waals surface area contributed by atoms with Crippen molar-refractivity contribution >= 4 is 11.9 Å². The number of hydrogen-bond acceptors (Lipinski definition) is 3. The first-order valence-electron chi connectivity index (χ1n) is 6.25. The molecule has 0 unspecified atom stereocenters. The van der Waals surface area contributed by atoms with Crippen LogP contribution in [-0.2, 0) is 20.9 Å². The summed E-state index contributed by atoms with van der Waals surface area (Å²) in [5.74, 6) is -0.525. The van der Waals surface area contributed by atoms with E-state index in [1.54, 1.807) is 6.92 Å². The highest BCUT2D eigenvalue weighted by Gasteiger charge is 2.17. The Balaban J connectivity index is 2.71. The average molecular weight is 261 g/mol. The fraction of sp³-hybridized carbons (Fsp3) is 0.333. The number of esters is 1. The lowest BCUT2D eigenvalue weighted by Crippen LogP contribution is -2.35. The molecule has 0 N–H and O–H groups in total. The summed E-state index contributed by atoms with van der Waals surface area (Å²) in [5, 5.41) is 0. The number of amides is 1. The molecule has 0 saturated heterocycles. The van der Waals surface area contributed by atoms with E-state index in [2.05, 4.69) is 6.58 Å². The molecule has 0 spiro atoms. The van der Waals surface area contributed by atoms with E-state index in [0.29, 0.717) is 13.2 Å². The molecule has 0 heterocycles. The molecule has 1 amide bonds. The zero-order valence-electron chi connectivity index (χ0n) is 11.2. The summed E-state index contributed by atoms with van der Waals surface area (Å²) in [6.07, 6.45) is 1.75. The van der Waals surface area contributed by atoms with Gasteiger partial charge in [0.25, 0.3) is 0 Å². The van der Waals surface area contributed by atoms with Gasteiger partial charge in [-0.15, -0.1) is 6.58 Å². The van der Waals surface area contributed by atoms with Gasteiger partial charge >= 0.3 is 5.97 Å². The van der Waals surface area contributed by atoms with Crippen LogP contribution in [-0.4, -0.2) is 29.9 Å². The predicted octanol–water partition coefficient (Wildman–Crippen LogP) is 2.15. The van der Waals surface area contributed by atoms with Crippen molar-refractivity contribution in [1.82, 2.24) is 4.90 Å². The summed E-state index contributed by atoms with van der Waals surface area (Å²) in [7, 11) is 0. The molecule has 0 aliphatic heterocycles. The van der Waals surface area contributed by atoms with Crippen LogP contribution in [0.4, 0.5) is 0 Å². The summed E-state index contributed by atoms with van der Waals surface area (Å²) in [4.78, 5) is 24.9. The van der Waals surface area contributed by atoms with Gasteiger partial charge in [-0.05, 0) is 12.5 Å². The molecule has 4 heteroatoms. The smallest absolute Gasteiger partial charge is 0.325 e. The number of rotatable bonds is 7. The molecule has 19 heavy (non-hydrogen) atoms. The summed E-state index contributed by atoms with van der Waals surface area (Å²) in [6, 6.07) is 9.54. The van der Waals surface area contributed by atoms with Gasteiger partial charge in [0.2, 0.25) is 5.91 Å². The number of carbonyl (C=O) groups excluding carboxylic acids is 2. The Morgan fingerprint density at radius 2 is 2.00 bits per heavy atom. The van der Waals surface area contributed by atoms with Crippen molar-refractivity contribution in [2.75, 3.05) is 13.2 Å². The van der Waals surface area contributed by atoms with Crippen molar-refractivity contribution in [3.05, 3.63) is 48.6 Å². The van der Waals surface area contributed by atoms with Crippen molar-refractivity contribution < 1.29 is 14.3 Å². The van der Waals surface area contributed by atoms with E-state index in [1.807, 2.05) is 30.3 Å².